The second kappa shape index (κ2) is 10.0. The van der Waals surface area contributed by atoms with Crippen LogP contribution in [0.1, 0.15) is 19.3 Å². The Bertz CT molecular complexity index is 317. The summed E-state index contributed by atoms with van der Waals surface area (Å²) in [6.07, 6.45) is 2.84. The van der Waals surface area contributed by atoms with Gasteiger partial charge in [0.05, 0.1) is 0 Å². The van der Waals surface area contributed by atoms with Gasteiger partial charge in [0.2, 0.25) is 5.91 Å². The normalized spacial score (nSPS) is 15.1. The maximum absolute atomic E-state index is 11.1. The fraction of sp³-hybridized carbons (Fsp3) is 0.769. The van der Waals surface area contributed by atoms with Crippen LogP contribution in [0, 0.1) is 0 Å². The van der Waals surface area contributed by atoms with Crippen LogP contribution in [0.15, 0.2) is 12.7 Å². The van der Waals surface area contributed by atoms with Gasteiger partial charge in [0, 0.05) is 34.9 Å². The molecule has 1 atom stereocenters. The zero-order valence-electron chi connectivity index (χ0n) is 13.4. The Morgan fingerprint density at radius 2 is 1.71 bits per heavy atom. The van der Waals surface area contributed by atoms with Gasteiger partial charge in [-0.05, 0) is 25.0 Å². The predicted octanol–water partition coefficient (Wildman–Crippen LogP) is -0.145. The molecule has 0 aliphatic heterocycles. The van der Waals surface area contributed by atoms with E-state index in [1.54, 1.807) is 7.11 Å². The number of carbonyl (C=O) groups is 1. The lowest BCUT2D eigenvalue weighted by Crippen LogP contribution is -2.46. The van der Waals surface area contributed by atoms with Crippen molar-refractivity contribution in [1.82, 2.24) is 4.98 Å². The average molecular weight is 320 g/mol. The second-order valence-electron chi connectivity index (χ2n) is 4.66. The highest BCUT2D eigenvalue weighted by atomic mass is 28.2. The maximum Gasteiger partial charge on any atom is 0.282 e. The number of amides is 1. The van der Waals surface area contributed by atoms with Crippen LogP contribution in [0.2, 0.25) is 6.04 Å². The first-order chi connectivity index (χ1) is 9.90. The topological polar surface area (TPSA) is 92.0 Å². The van der Waals surface area contributed by atoms with E-state index in [9.17, 15) is 4.79 Å². The number of ether oxygens (including phenoxy) is 4. The minimum atomic E-state index is -1.11. The van der Waals surface area contributed by atoms with Crippen molar-refractivity contribution in [1.29, 1.82) is 0 Å². The molecule has 124 valence electrons. The molecule has 0 saturated heterocycles. The zero-order valence-corrected chi connectivity index (χ0v) is 14.9. The second-order valence-corrected chi connectivity index (χ2v) is 6.22. The van der Waals surface area contributed by atoms with Crippen molar-refractivity contribution >= 4 is 15.6 Å². The lowest BCUT2D eigenvalue weighted by atomic mass is 10.0. The highest BCUT2D eigenvalue weighted by Gasteiger charge is 2.34. The molecule has 8 heteroatoms. The molecule has 0 heterocycles. The Morgan fingerprint density at radius 3 is 2.14 bits per heavy atom. The van der Waals surface area contributed by atoms with Crippen molar-refractivity contribution in [3.63, 3.8) is 0 Å². The molecule has 0 aromatic rings. The zero-order chi connectivity index (χ0) is 16.4. The Hall–Kier alpha value is -0.773. The SMILES string of the molecule is C=CC(=O)N[SiH2]CCC(N)(CCC(OC)(OC)OC)OC. The summed E-state index contributed by atoms with van der Waals surface area (Å²) in [4.78, 5) is 13.9. The van der Waals surface area contributed by atoms with Crippen LogP contribution in [0.3, 0.4) is 0 Å². The van der Waals surface area contributed by atoms with E-state index in [-0.39, 0.29) is 5.91 Å². The highest BCUT2D eigenvalue weighted by molar-refractivity contribution is 6.37. The number of nitrogens with one attached hydrogen (secondary N) is 1. The minimum absolute atomic E-state index is 0.140. The smallest absolute Gasteiger partial charge is 0.282 e. The first-order valence-corrected chi connectivity index (χ1v) is 8.51. The molecule has 0 bridgehead atoms. The number of nitrogens with two attached hydrogens (primary N) is 1. The van der Waals surface area contributed by atoms with Crippen molar-refractivity contribution in [2.45, 2.75) is 37.0 Å². The van der Waals surface area contributed by atoms with E-state index >= 15 is 0 Å². The third kappa shape index (κ3) is 7.16. The van der Waals surface area contributed by atoms with Crippen LogP contribution in [-0.2, 0) is 23.7 Å². The van der Waals surface area contributed by atoms with Crippen molar-refractivity contribution in [2.24, 2.45) is 5.73 Å². The van der Waals surface area contributed by atoms with Gasteiger partial charge in [-0.1, -0.05) is 6.58 Å². The molecule has 0 aromatic heterocycles. The summed E-state index contributed by atoms with van der Waals surface area (Å²) in [5, 5.41) is 0. The monoisotopic (exact) mass is 320 g/mol. The van der Waals surface area contributed by atoms with Crippen molar-refractivity contribution in [3.05, 3.63) is 12.7 Å². The summed E-state index contributed by atoms with van der Waals surface area (Å²) >= 11 is 0. The Morgan fingerprint density at radius 1 is 1.14 bits per heavy atom. The van der Waals surface area contributed by atoms with Gasteiger partial charge in [-0.3, -0.25) is 4.79 Å². The van der Waals surface area contributed by atoms with Gasteiger partial charge in [0.15, 0.2) is 0 Å². The molecule has 0 saturated carbocycles. The number of methoxy groups -OCH3 is 4. The standard InChI is InChI=1S/C13H28N2O5Si/c1-6-11(16)15-21-10-9-12(14,17-2)7-8-13(18-3,19-4)20-5/h6H,1,7-10,14,21H2,2-5H3,(H,15,16). The van der Waals surface area contributed by atoms with Gasteiger partial charge in [-0.25, -0.2) is 0 Å². The van der Waals surface area contributed by atoms with E-state index in [4.69, 9.17) is 24.7 Å². The largest absolute Gasteiger partial charge is 0.384 e. The molecule has 0 aromatic carbocycles. The molecule has 0 fully saturated rings. The average Bonchev–Trinajstić information content (AvgIpc) is 2.53. The van der Waals surface area contributed by atoms with Gasteiger partial charge < -0.3 is 29.7 Å². The van der Waals surface area contributed by atoms with Crippen molar-refractivity contribution < 1.29 is 23.7 Å². The molecule has 21 heavy (non-hydrogen) atoms. The van der Waals surface area contributed by atoms with Crippen molar-refractivity contribution in [2.75, 3.05) is 28.4 Å². The first-order valence-electron chi connectivity index (χ1n) is 6.80. The summed E-state index contributed by atoms with van der Waals surface area (Å²) in [7, 11) is 5.37. The summed E-state index contributed by atoms with van der Waals surface area (Å²) in [6.45, 7) is 3.41. The van der Waals surface area contributed by atoms with Gasteiger partial charge in [0.25, 0.3) is 5.97 Å². The molecule has 1 unspecified atom stereocenters. The van der Waals surface area contributed by atoms with E-state index in [2.05, 4.69) is 11.6 Å². The van der Waals surface area contributed by atoms with E-state index < -0.39 is 21.4 Å². The number of rotatable bonds is 12. The van der Waals surface area contributed by atoms with E-state index in [1.807, 2.05) is 0 Å². The molecule has 0 radical (unpaired) electrons. The molecule has 1 amide bonds. The molecule has 0 spiro atoms. The lowest BCUT2D eigenvalue weighted by molar-refractivity contribution is -0.357. The summed E-state index contributed by atoms with van der Waals surface area (Å²) < 4.78 is 21.1. The minimum Gasteiger partial charge on any atom is -0.384 e. The van der Waals surface area contributed by atoms with Crippen LogP contribution < -0.4 is 10.7 Å². The summed E-state index contributed by atoms with van der Waals surface area (Å²) in [5.41, 5.74) is 5.42. The van der Waals surface area contributed by atoms with Gasteiger partial charge in [-0.2, -0.15) is 0 Å². The van der Waals surface area contributed by atoms with E-state index in [0.29, 0.717) is 19.3 Å². The van der Waals surface area contributed by atoms with Crippen molar-refractivity contribution in [3.8, 4) is 0 Å². The quantitative estimate of drug-likeness (QED) is 0.225. The van der Waals surface area contributed by atoms with Gasteiger partial charge in [-0.15, -0.1) is 0 Å². The van der Waals surface area contributed by atoms with Crippen LogP contribution >= 0.6 is 0 Å². The fourth-order valence-electron chi connectivity index (χ4n) is 1.92. The predicted molar refractivity (Wildman–Crippen MR) is 83.2 cm³/mol. The van der Waals surface area contributed by atoms with E-state index in [1.165, 1.54) is 27.4 Å². The van der Waals surface area contributed by atoms with Crippen LogP contribution in [0.5, 0.6) is 0 Å². The summed E-state index contributed by atoms with van der Waals surface area (Å²) in [6, 6.07) is 0.823. The number of hydrogen-bond acceptors (Lipinski definition) is 6. The highest BCUT2D eigenvalue weighted by Crippen LogP contribution is 2.26. The molecule has 3 N–H and O–H groups in total. The Balaban J connectivity index is 4.32. The van der Waals surface area contributed by atoms with Crippen LogP contribution in [0.4, 0.5) is 0 Å². The van der Waals surface area contributed by atoms with Crippen LogP contribution in [0.25, 0.3) is 0 Å². The molecule has 7 nitrogen and oxygen atoms in total. The molecular formula is C13H28N2O5Si. The molecular weight excluding hydrogens is 292 g/mol. The number of carbonyl (C=O) groups excluding carboxylic acids is 1. The molecule has 0 rings (SSSR count). The molecule has 0 aliphatic rings. The van der Waals surface area contributed by atoms with Gasteiger partial charge in [0.1, 0.15) is 15.4 Å². The van der Waals surface area contributed by atoms with E-state index in [0.717, 1.165) is 6.04 Å². The number of hydrogen-bond donors (Lipinski definition) is 2. The maximum atomic E-state index is 11.1. The summed E-state index contributed by atoms with van der Waals surface area (Å²) in [5.74, 6) is -1.25. The Labute approximate surface area is 129 Å². The van der Waals surface area contributed by atoms with Gasteiger partial charge >= 0.3 is 0 Å². The Kier molecular flexibility index (Phi) is 9.67. The molecule has 0 aliphatic carbocycles. The fourth-order valence-corrected chi connectivity index (χ4v) is 3.26. The van der Waals surface area contributed by atoms with Crippen LogP contribution in [-0.4, -0.2) is 55.7 Å². The first kappa shape index (κ1) is 20.2. The third-order valence-electron chi connectivity index (χ3n) is 3.46. The third-order valence-corrected chi connectivity index (χ3v) is 4.76. The lowest BCUT2D eigenvalue weighted by Gasteiger charge is -2.34.